The van der Waals surface area contributed by atoms with Crippen molar-refractivity contribution in [1.29, 1.82) is 0 Å². The van der Waals surface area contributed by atoms with Crippen LogP contribution in [0.25, 0.3) is 11.1 Å². The molecule has 9 heteroatoms. The SMILES string of the molecule is CN1CCN(CCNC(=O)C(CC(=O)O)NC(=O)OCC2c3ccccc3-c3ccccc32)CC1. The minimum Gasteiger partial charge on any atom is -0.481 e. The minimum absolute atomic E-state index is 0.0880. The first-order valence-corrected chi connectivity index (χ1v) is 11.9. The number of alkyl carbamates (subject to hydrolysis) is 1. The van der Waals surface area contributed by atoms with Gasteiger partial charge in [0.1, 0.15) is 12.6 Å². The van der Waals surface area contributed by atoms with Gasteiger partial charge in [-0.2, -0.15) is 0 Å². The van der Waals surface area contributed by atoms with Crippen LogP contribution in [-0.4, -0.2) is 91.8 Å². The molecule has 35 heavy (non-hydrogen) atoms. The van der Waals surface area contributed by atoms with E-state index in [9.17, 15) is 19.5 Å². The van der Waals surface area contributed by atoms with E-state index < -0.39 is 30.4 Å². The number of aliphatic carboxylic acids is 1. The van der Waals surface area contributed by atoms with Gasteiger partial charge in [-0.05, 0) is 29.3 Å². The number of carbonyl (C=O) groups excluding carboxylic acids is 2. The molecule has 2 aromatic rings. The summed E-state index contributed by atoms with van der Waals surface area (Å²) in [5, 5.41) is 14.4. The fourth-order valence-corrected chi connectivity index (χ4v) is 4.70. The second-order valence-corrected chi connectivity index (χ2v) is 9.06. The number of benzene rings is 2. The van der Waals surface area contributed by atoms with E-state index in [-0.39, 0.29) is 12.5 Å². The fourth-order valence-electron chi connectivity index (χ4n) is 4.70. The summed E-state index contributed by atoms with van der Waals surface area (Å²) in [6.45, 7) is 4.92. The number of nitrogens with one attached hydrogen (secondary N) is 2. The number of nitrogens with zero attached hydrogens (tertiary/aromatic N) is 2. The third-order valence-corrected chi connectivity index (χ3v) is 6.65. The number of hydrogen-bond acceptors (Lipinski definition) is 6. The van der Waals surface area contributed by atoms with Crippen LogP contribution in [0.15, 0.2) is 48.5 Å². The molecule has 9 nitrogen and oxygen atoms in total. The molecule has 1 aliphatic heterocycles. The van der Waals surface area contributed by atoms with Crippen LogP contribution >= 0.6 is 0 Å². The topological polar surface area (TPSA) is 111 Å². The number of carbonyl (C=O) groups is 3. The lowest BCUT2D eigenvalue weighted by Gasteiger charge is -2.32. The molecule has 4 rings (SSSR count). The van der Waals surface area contributed by atoms with Crippen molar-refractivity contribution in [3.05, 3.63) is 59.7 Å². The van der Waals surface area contributed by atoms with Gasteiger partial charge in [-0.25, -0.2) is 4.79 Å². The average molecular weight is 481 g/mol. The van der Waals surface area contributed by atoms with Gasteiger partial charge in [-0.1, -0.05) is 48.5 Å². The van der Waals surface area contributed by atoms with Gasteiger partial charge in [0.05, 0.1) is 6.42 Å². The Morgan fingerprint density at radius 1 is 1.00 bits per heavy atom. The number of carboxylic acid groups (broad SMARTS) is 1. The molecule has 3 N–H and O–H groups in total. The Labute approximate surface area is 205 Å². The molecule has 1 unspecified atom stereocenters. The van der Waals surface area contributed by atoms with Gasteiger partial charge in [-0.3, -0.25) is 14.5 Å². The molecule has 2 aromatic carbocycles. The third-order valence-electron chi connectivity index (χ3n) is 6.65. The zero-order valence-electron chi connectivity index (χ0n) is 19.9. The highest BCUT2D eigenvalue weighted by molar-refractivity contribution is 5.89. The first-order chi connectivity index (χ1) is 16.9. The molecule has 2 aliphatic rings. The van der Waals surface area contributed by atoms with Crippen LogP contribution in [0, 0.1) is 0 Å². The highest BCUT2D eigenvalue weighted by atomic mass is 16.5. The largest absolute Gasteiger partial charge is 0.481 e. The first-order valence-electron chi connectivity index (χ1n) is 11.9. The Kier molecular flexibility index (Phi) is 7.99. The molecular weight excluding hydrogens is 448 g/mol. The molecule has 2 amide bonds. The maximum atomic E-state index is 12.6. The number of carboxylic acids is 1. The Hall–Kier alpha value is -3.43. The molecule has 0 saturated carbocycles. The zero-order chi connectivity index (χ0) is 24.8. The van der Waals surface area contributed by atoms with Crippen LogP contribution in [0.1, 0.15) is 23.5 Å². The molecule has 1 fully saturated rings. The van der Waals surface area contributed by atoms with Crippen molar-refractivity contribution in [2.24, 2.45) is 0 Å². The van der Waals surface area contributed by atoms with Gasteiger partial charge in [0.25, 0.3) is 0 Å². The van der Waals surface area contributed by atoms with Crippen molar-refractivity contribution in [2.45, 2.75) is 18.4 Å². The van der Waals surface area contributed by atoms with Crippen molar-refractivity contribution < 1.29 is 24.2 Å². The second-order valence-electron chi connectivity index (χ2n) is 9.06. The van der Waals surface area contributed by atoms with E-state index in [1.165, 1.54) is 0 Å². The monoisotopic (exact) mass is 480 g/mol. The Morgan fingerprint density at radius 2 is 1.60 bits per heavy atom. The Bertz CT molecular complexity index is 1020. The number of rotatable bonds is 9. The van der Waals surface area contributed by atoms with E-state index in [0.717, 1.165) is 48.4 Å². The summed E-state index contributed by atoms with van der Waals surface area (Å²) in [4.78, 5) is 41.0. The molecule has 1 saturated heterocycles. The summed E-state index contributed by atoms with van der Waals surface area (Å²) < 4.78 is 5.48. The summed E-state index contributed by atoms with van der Waals surface area (Å²) >= 11 is 0. The molecule has 0 radical (unpaired) electrons. The second kappa shape index (κ2) is 11.3. The van der Waals surface area contributed by atoms with Crippen LogP contribution in [0.4, 0.5) is 4.79 Å². The van der Waals surface area contributed by atoms with E-state index in [1.54, 1.807) is 0 Å². The highest BCUT2D eigenvalue weighted by Crippen LogP contribution is 2.44. The van der Waals surface area contributed by atoms with Crippen molar-refractivity contribution in [3.8, 4) is 11.1 Å². The number of ether oxygens (including phenoxy) is 1. The van der Waals surface area contributed by atoms with Gasteiger partial charge >= 0.3 is 12.1 Å². The summed E-state index contributed by atoms with van der Waals surface area (Å²) in [7, 11) is 2.07. The summed E-state index contributed by atoms with van der Waals surface area (Å²) in [6.07, 6.45) is -1.34. The lowest BCUT2D eigenvalue weighted by molar-refractivity contribution is -0.139. The number of hydrogen-bond donors (Lipinski definition) is 3. The number of fused-ring (bicyclic) bond motifs is 3. The van der Waals surface area contributed by atoms with Gasteiger partial charge in [-0.15, -0.1) is 0 Å². The predicted molar refractivity (Wildman–Crippen MR) is 131 cm³/mol. The lowest BCUT2D eigenvalue weighted by atomic mass is 9.98. The Morgan fingerprint density at radius 3 is 2.20 bits per heavy atom. The molecule has 1 aliphatic carbocycles. The maximum Gasteiger partial charge on any atom is 0.407 e. The summed E-state index contributed by atoms with van der Waals surface area (Å²) in [5.74, 6) is -1.83. The van der Waals surface area contributed by atoms with Crippen molar-refractivity contribution in [1.82, 2.24) is 20.4 Å². The number of amides is 2. The average Bonchev–Trinajstić information content (AvgIpc) is 3.17. The van der Waals surface area contributed by atoms with Crippen LogP contribution in [0.3, 0.4) is 0 Å². The quantitative estimate of drug-likeness (QED) is 0.501. The van der Waals surface area contributed by atoms with Crippen LogP contribution < -0.4 is 10.6 Å². The van der Waals surface area contributed by atoms with Crippen molar-refractivity contribution >= 4 is 18.0 Å². The molecule has 1 heterocycles. The van der Waals surface area contributed by atoms with Crippen molar-refractivity contribution in [3.63, 3.8) is 0 Å². The zero-order valence-corrected chi connectivity index (χ0v) is 19.9. The van der Waals surface area contributed by atoms with Crippen LogP contribution in [0.5, 0.6) is 0 Å². The smallest absolute Gasteiger partial charge is 0.407 e. The minimum atomic E-state index is -1.21. The van der Waals surface area contributed by atoms with Crippen molar-refractivity contribution in [2.75, 3.05) is 52.9 Å². The van der Waals surface area contributed by atoms with Gasteiger partial charge in [0.2, 0.25) is 5.91 Å². The maximum absolute atomic E-state index is 12.6. The van der Waals surface area contributed by atoms with E-state index in [4.69, 9.17) is 4.74 Å². The normalized spacial score (nSPS) is 16.7. The molecule has 0 bridgehead atoms. The molecule has 1 atom stereocenters. The fraction of sp³-hybridized carbons (Fsp3) is 0.423. The summed E-state index contributed by atoms with van der Waals surface area (Å²) in [6, 6.07) is 14.8. The van der Waals surface area contributed by atoms with Gasteiger partial charge < -0.3 is 25.4 Å². The van der Waals surface area contributed by atoms with E-state index in [1.807, 2.05) is 48.5 Å². The lowest BCUT2D eigenvalue weighted by Crippen LogP contribution is -2.51. The molecular formula is C26H32N4O5. The third kappa shape index (κ3) is 6.17. The van der Waals surface area contributed by atoms with E-state index in [0.29, 0.717) is 13.1 Å². The standard InChI is InChI=1S/C26H32N4O5/c1-29-12-14-30(15-13-29)11-10-27-25(33)23(16-24(31)32)28-26(34)35-17-22-20-8-4-2-6-18(20)19-7-3-5-9-21(19)22/h2-9,22-23H,10-17H2,1H3,(H,27,33)(H,28,34)(H,31,32). The predicted octanol–water partition coefficient (Wildman–Crippen LogP) is 1.73. The van der Waals surface area contributed by atoms with Gasteiger partial charge in [0.15, 0.2) is 0 Å². The van der Waals surface area contributed by atoms with Gasteiger partial charge in [0, 0.05) is 45.2 Å². The Balaban J connectivity index is 1.31. The number of likely N-dealkylation sites (N-methyl/N-ethyl adjacent to an activating group) is 1. The molecule has 0 aromatic heterocycles. The number of piperazine rings is 1. The van der Waals surface area contributed by atoms with Crippen LogP contribution in [-0.2, 0) is 14.3 Å². The molecule has 0 spiro atoms. The summed E-state index contributed by atoms with van der Waals surface area (Å²) in [5.41, 5.74) is 4.37. The molecule has 186 valence electrons. The van der Waals surface area contributed by atoms with E-state index in [2.05, 4.69) is 27.5 Å². The van der Waals surface area contributed by atoms with Crippen LogP contribution in [0.2, 0.25) is 0 Å². The van der Waals surface area contributed by atoms with E-state index >= 15 is 0 Å². The first kappa shape index (κ1) is 24.7. The highest BCUT2D eigenvalue weighted by Gasteiger charge is 2.30.